The Morgan fingerprint density at radius 2 is 2.29 bits per heavy atom. The van der Waals surface area contributed by atoms with Crippen LogP contribution in [0.4, 0.5) is 0 Å². The summed E-state index contributed by atoms with van der Waals surface area (Å²) in [5.74, 6) is 0. The maximum Gasteiger partial charge on any atom is 0.0492 e. The Bertz CT molecular complexity index is 447. The van der Waals surface area contributed by atoms with Gasteiger partial charge in [-0.2, -0.15) is 0 Å². The predicted molar refractivity (Wildman–Crippen MR) is 64.2 cm³/mol. The fourth-order valence-corrected chi connectivity index (χ4v) is 3.01. The molecule has 0 aliphatic carbocycles. The first-order valence-electron chi connectivity index (χ1n) is 4.59. The molecule has 0 amide bonds. The molecule has 0 aliphatic heterocycles. The number of rotatable bonds is 2. The minimum atomic E-state index is 0.210. The van der Waals surface area contributed by atoms with Gasteiger partial charge in [-0.15, -0.1) is 11.3 Å². The van der Waals surface area contributed by atoms with Crippen LogP contribution in [0.1, 0.15) is 11.8 Å². The zero-order chi connectivity index (χ0) is 10.1. The van der Waals surface area contributed by atoms with Crippen molar-refractivity contribution in [2.45, 2.75) is 19.4 Å². The van der Waals surface area contributed by atoms with E-state index in [2.05, 4.69) is 12.1 Å². The molecule has 2 aromatic rings. The lowest BCUT2D eigenvalue weighted by Gasteiger charge is -1.99. The van der Waals surface area contributed by atoms with Gasteiger partial charge in [0.2, 0.25) is 0 Å². The van der Waals surface area contributed by atoms with Gasteiger partial charge in [-0.25, -0.2) is 0 Å². The van der Waals surface area contributed by atoms with Crippen LogP contribution in [0.25, 0.3) is 10.1 Å². The number of thiophene rings is 1. The maximum absolute atomic E-state index is 6.08. The fourth-order valence-electron chi connectivity index (χ4n) is 1.50. The molecule has 74 valence electrons. The Balaban J connectivity index is 2.46. The molecule has 0 spiro atoms. The molecule has 0 saturated heterocycles. The van der Waals surface area contributed by atoms with Crippen LogP contribution in [0.5, 0.6) is 0 Å². The van der Waals surface area contributed by atoms with Crippen molar-refractivity contribution < 1.29 is 0 Å². The average Bonchev–Trinajstić information content (AvgIpc) is 2.47. The van der Waals surface area contributed by atoms with Gasteiger partial charge in [0, 0.05) is 26.0 Å². The first-order chi connectivity index (χ1) is 6.66. The molecule has 0 fully saturated rings. The van der Waals surface area contributed by atoms with E-state index in [-0.39, 0.29) is 6.04 Å². The van der Waals surface area contributed by atoms with Gasteiger partial charge in [0.25, 0.3) is 0 Å². The summed E-state index contributed by atoms with van der Waals surface area (Å²) in [6, 6.07) is 8.35. The van der Waals surface area contributed by atoms with Gasteiger partial charge in [-0.3, -0.25) is 0 Å². The summed E-state index contributed by atoms with van der Waals surface area (Å²) in [4.78, 5) is 1.31. The smallest absolute Gasteiger partial charge is 0.0492 e. The van der Waals surface area contributed by atoms with Crippen LogP contribution in [-0.4, -0.2) is 6.04 Å². The third-order valence-electron chi connectivity index (χ3n) is 2.08. The van der Waals surface area contributed by atoms with Crippen LogP contribution in [0.2, 0.25) is 5.02 Å². The van der Waals surface area contributed by atoms with Crippen molar-refractivity contribution in [2.24, 2.45) is 5.73 Å². The molecule has 0 bridgehead atoms. The lowest BCUT2D eigenvalue weighted by molar-refractivity contribution is 0.747. The molecule has 1 nitrogen and oxygen atoms in total. The second-order valence-corrected chi connectivity index (χ2v) is 5.12. The molecule has 1 atom stereocenters. The Morgan fingerprint density at radius 1 is 1.50 bits per heavy atom. The minimum Gasteiger partial charge on any atom is -0.328 e. The largest absolute Gasteiger partial charge is 0.328 e. The van der Waals surface area contributed by atoms with Crippen LogP contribution in [0, 0.1) is 0 Å². The number of hydrogen-bond donors (Lipinski definition) is 1. The van der Waals surface area contributed by atoms with E-state index in [4.69, 9.17) is 17.3 Å². The molecule has 1 heterocycles. The van der Waals surface area contributed by atoms with Gasteiger partial charge >= 0.3 is 0 Å². The normalized spacial score (nSPS) is 13.4. The second-order valence-electron chi connectivity index (χ2n) is 3.55. The van der Waals surface area contributed by atoms with Gasteiger partial charge in [0.05, 0.1) is 0 Å². The van der Waals surface area contributed by atoms with Gasteiger partial charge in [-0.1, -0.05) is 17.7 Å². The van der Waals surface area contributed by atoms with Crippen molar-refractivity contribution in [1.29, 1.82) is 0 Å². The zero-order valence-electron chi connectivity index (χ0n) is 7.96. The van der Waals surface area contributed by atoms with Crippen molar-refractivity contribution in [3.8, 4) is 0 Å². The van der Waals surface area contributed by atoms with E-state index < -0.39 is 0 Å². The van der Waals surface area contributed by atoms with Crippen LogP contribution >= 0.6 is 22.9 Å². The maximum atomic E-state index is 6.08. The van der Waals surface area contributed by atoms with E-state index in [0.717, 1.165) is 16.8 Å². The molecular weight excluding hydrogens is 214 g/mol. The highest BCUT2D eigenvalue weighted by atomic mass is 35.5. The number of fused-ring (bicyclic) bond motifs is 1. The summed E-state index contributed by atoms with van der Waals surface area (Å²) in [6.45, 7) is 2.02. The summed E-state index contributed by atoms with van der Waals surface area (Å²) in [5.41, 5.74) is 5.76. The summed E-state index contributed by atoms with van der Waals surface area (Å²) in [5, 5.41) is 1.98. The Morgan fingerprint density at radius 3 is 2.93 bits per heavy atom. The molecule has 2 N–H and O–H groups in total. The van der Waals surface area contributed by atoms with E-state index >= 15 is 0 Å². The van der Waals surface area contributed by atoms with Crippen molar-refractivity contribution in [1.82, 2.24) is 0 Å². The van der Waals surface area contributed by atoms with E-state index in [1.165, 1.54) is 9.58 Å². The summed E-state index contributed by atoms with van der Waals surface area (Å²) in [6.07, 6.45) is 0.926. The van der Waals surface area contributed by atoms with Gasteiger partial charge in [0.1, 0.15) is 0 Å². The molecule has 3 heteroatoms. The minimum absolute atomic E-state index is 0.210. The van der Waals surface area contributed by atoms with Crippen LogP contribution in [0.3, 0.4) is 0 Å². The topological polar surface area (TPSA) is 26.0 Å². The zero-order valence-corrected chi connectivity index (χ0v) is 9.53. The summed E-state index contributed by atoms with van der Waals surface area (Å²) < 4.78 is 1.24. The summed E-state index contributed by atoms with van der Waals surface area (Å²) >= 11 is 7.86. The molecule has 0 radical (unpaired) electrons. The Hall–Kier alpha value is -0.570. The van der Waals surface area contributed by atoms with Crippen molar-refractivity contribution >= 4 is 33.0 Å². The summed E-state index contributed by atoms with van der Waals surface area (Å²) in [7, 11) is 0. The van der Waals surface area contributed by atoms with E-state index in [1.54, 1.807) is 11.3 Å². The molecular formula is C11H12ClNS. The highest BCUT2D eigenvalue weighted by molar-refractivity contribution is 7.19. The monoisotopic (exact) mass is 225 g/mol. The van der Waals surface area contributed by atoms with Gasteiger partial charge in [0.15, 0.2) is 0 Å². The number of benzene rings is 1. The SMILES string of the molecule is CC(N)Cc1cc2c(Cl)cccc2s1. The molecule has 0 saturated carbocycles. The molecule has 1 aromatic heterocycles. The standard InChI is InChI=1S/C11H12ClNS/c1-7(13)5-8-6-9-10(12)3-2-4-11(9)14-8/h2-4,6-7H,5,13H2,1H3. The molecule has 2 rings (SSSR count). The van der Waals surface area contributed by atoms with Crippen molar-refractivity contribution in [2.75, 3.05) is 0 Å². The van der Waals surface area contributed by atoms with E-state index in [9.17, 15) is 0 Å². The molecule has 1 unspecified atom stereocenters. The third kappa shape index (κ3) is 1.92. The van der Waals surface area contributed by atoms with Crippen molar-refractivity contribution in [3.05, 3.63) is 34.2 Å². The number of nitrogens with two attached hydrogens (primary N) is 1. The number of halogens is 1. The average molecular weight is 226 g/mol. The molecule has 14 heavy (non-hydrogen) atoms. The fraction of sp³-hybridized carbons (Fsp3) is 0.273. The first-order valence-corrected chi connectivity index (χ1v) is 5.79. The van der Waals surface area contributed by atoms with Crippen molar-refractivity contribution in [3.63, 3.8) is 0 Å². The van der Waals surface area contributed by atoms with E-state index in [1.807, 2.05) is 19.1 Å². The predicted octanol–water partition coefficient (Wildman–Crippen LogP) is 3.44. The first kappa shape index (κ1) is 9.97. The van der Waals surface area contributed by atoms with Gasteiger partial charge in [-0.05, 0) is 31.5 Å². The van der Waals surface area contributed by atoms with E-state index in [0.29, 0.717) is 0 Å². The highest BCUT2D eigenvalue weighted by Crippen LogP contribution is 2.31. The Kier molecular flexibility index (Phi) is 2.77. The van der Waals surface area contributed by atoms with Crippen LogP contribution in [-0.2, 0) is 6.42 Å². The van der Waals surface area contributed by atoms with Crippen LogP contribution in [0.15, 0.2) is 24.3 Å². The highest BCUT2D eigenvalue weighted by Gasteiger charge is 2.05. The van der Waals surface area contributed by atoms with Crippen LogP contribution < -0.4 is 5.73 Å². The second kappa shape index (κ2) is 3.89. The Labute approximate surface area is 92.5 Å². The lowest BCUT2D eigenvalue weighted by Crippen LogP contribution is -2.16. The molecule has 1 aromatic carbocycles. The van der Waals surface area contributed by atoms with Gasteiger partial charge < -0.3 is 5.73 Å². The quantitative estimate of drug-likeness (QED) is 0.833. The molecule has 0 aliphatic rings. The lowest BCUT2D eigenvalue weighted by atomic mass is 10.2. The number of hydrogen-bond acceptors (Lipinski definition) is 2. The third-order valence-corrected chi connectivity index (χ3v) is 3.53.